The van der Waals surface area contributed by atoms with Gasteiger partial charge in [-0.15, -0.1) is 0 Å². The fourth-order valence-electron chi connectivity index (χ4n) is 3.06. The van der Waals surface area contributed by atoms with E-state index in [4.69, 9.17) is 0 Å². The van der Waals surface area contributed by atoms with Crippen molar-refractivity contribution in [2.24, 2.45) is 11.8 Å². The minimum atomic E-state index is 0.935. The predicted octanol–water partition coefficient (Wildman–Crippen LogP) is 5.77. The Bertz CT molecular complexity index is 155. The first-order chi connectivity index (χ1) is 7.77. The SMILES string of the molecule is CC[C](CCCC(C)CC)C1CCCCC1. The molecule has 1 atom stereocenters. The summed E-state index contributed by atoms with van der Waals surface area (Å²) in [6.45, 7) is 7.08. The summed E-state index contributed by atoms with van der Waals surface area (Å²) in [4.78, 5) is 0. The van der Waals surface area contributed by atoms with Crippen LogP contribution in [0, 0.1) is 17.8 Å². The molecule has 1 rings (SSSR count). The minimum absolute atomic E-state index is 0.935. The zero-order valence-corrected chi connectivity index (χ0v) is 11.7. The smallest absolute Gasteiger partial charge is 0.0213 e. The summed E-state index contributed by atoms with van der Waals surface area (Å²) >= 11 is 0. The maximum Gasteiger partial charge on any atom is -0.0213 e. The molecule has 1 aliphatic carbocycles. The molecule has 1 saturated carbocycles. The van der Waals surface area contributed by atoms with Gasteiger partial charge in [-0.2, -0.15) is 0 Å². The first-order valence-electron chi connectivity index (χ1n) is 7.62. The Balaban J connectivity index is 2.19. The monoisotopic (exact) mass is 223 g/mol. The van der Waals surface area contributed by atoms with Crippen LogP contribution in [-0.2, 0) is 0 Å². The summed E-state index contributed by atoms with van der Waals surface area (Å²) in [5.41, 5.74) is 0. The molecule has 0 heterocycles. The summed E-state index contributed by atoms with van der Waals surface area (Å²) in [6.07, 6.45) is 14.4. The molecule has 0 aromatic carbocycles. The summed E-state index contributed by atoms with van der Waals surface area (Å²) in [5.74, 6) is 3.82. The van der Waals surface area contributed by atoms with Gasteiger partial charge in [0.15, 0.2) is 0 Å². The van der Waals surface area contributed by atoms with Crippen molar-refractivity contribution < 1.29 is 0 Å². The maximum atomic E-state index is 2.40. The van der Waals surface area contributed by atoms with Crippen molar-refractivity contribution in [1.29, 1.82) is 0 Å². The molecule has 1 aliphatic rings. The molecule has 0 aromatic rings. The molecule has 0 nitrogen and oxygen atoms in total. The Morgan fingerprint density at radius 2 is 1.81 bits per heavy atom. The second kappa shape index (κ2) is 8.14. The zero-order valence-electron chi connectivity index (χ0n) is 11.7. The Kier molecular flexibility index (Phi) is 7.16. The third kappa shape index (κ3) is 4.89. The first-order valence-corrected chi connectivity index (χ1v) is 7.62. The molecule has 16 heavy (non-hydrogen) atoms. The van der Waals surface area contributed by atoms with E-state index < -0.39 is 0 Å². The summed E-state index contributed by atoms with van der Waals surface area (Å²) in [7, 11) is 0. The van der Waals surface area contributed by atoms with Gasteiger partial charge in [0.25, 0.3) is 0 Å². The molecular weight excluding hydrogens is 192 g/mol. The number of rotatable bonds is 7. The van der Waals surface area contributed by atoms with E-state index in [0.717, 1.165) is 11.8 Å². The number of hydrogen-bond acceptors (Lipinski definition) is 0. The van der Waals surface area contributed by atoms with E-state index in [0.29, 0.717) is 0 Å². The third-order valence-corrected chi connectivity index (χ3v) is 4.53. The van der Waals surface area contributed by atoms with Gasteiger partial charge >= 0.3 is 0 Å². The molecule has 1 radical (unpaired) electrons. The van der Waals surface area contributed by atoms with Crippen LogP contribution in [0.3, 0.4) is 0 Å². The average Bonchev–Trinajstić information content (AvgIpc) is 2.35. The molecule has 95 valence electrons. The van der Waals surface area contributed by atoms with E-state index in [-0.39, 0.29) is 0 Å². The largest absolute Gasteiger partial charge is 0.0651 e. The standard InChI is InChI=1S/C16H31/c1-4-14(3)10-9-13-15(5-2)16-11-7-6-8-12-16/h14,16H,4-13H2,1-3H3. The first kappa shape index (κ1) is 14.1. The molecule has 0 saturated heterocycles. The van der Waals surface area contributed by atoms with Crippen molar-refractivity contribution in [3.8, 4) is 0 Å². The average molecular weight is 223 g/mol. The summed E-state index contributed by atoms with van der Waals surface area (Å²) in [5, 5.41) is 0. The van der Waals surface area contributed by atoms with Crippen LogP contribution in [0.1, 0.15) is 85.0 Å². The van der Waals surface area contributed by atoms with E-state index in [2.05, 4.69) is 20.8 Å². The molecule has 0 aromatic heterocycles. The van der Waals surface area contributed by atoms with E-state index in [1.54, 1.807) is 0 Å². The van der Waals surface area contributed by atoms with E-state index in [9.17, 15) is 0 Å². The Morgan fingerprint density at radius 1 is 1.12 bits per heavy atom. The third-order valence-electron chi connectivity index (χ3n) is 4.53. The van der Waals surface area contributed by atoms with Crippen molar-refractivity contribution in [1.82, 2.24) is 0 Å². The van der Waals surface area contributed by atoms with Crippen LogP contribution in [-0.4, -0.2) is 0 Å². The van der Waals surface area contributed by atoms with Crippen molar-refractivity contribution in [2.45, 2.75) is 85.0 Å². The fourth-order valence-corrected chi connectivity index (χ4v) is 3.06. The predicted molar refractivity (Wildman–Crippen MR) is 73.4 cm³/mol. The lowest BCUT2D eigenvalue weighted by Gasteiger charge is -2.29. The molecule has 1 fully saturated rings. The summed E-state index contributed by atoms with van der Waals surface area (Å²) in [6, 6.07) is 0. The second-order valence-electron chi connectivity index (χ2n) is 5.75. The lowest BCUT2D eigenvalue weighted by atomic mass is 9.76. The maximum absolute atomic E-state index is 2.40. The minimum Gasteiger partial charge on any atom is -0.0651 e. The van der Waals surface area contributed by atoms with Crippen LogP contribution in [0.2, 0.25) is 0 Å². The molecular formula is C16H31. The molecule has 0 amide bonds. The van der Waals surface area contributed by atoms with Crippen LogP contribution >= 0.6 is 0 Å². The van der Waals surface area contributed by atoms with Crippen LogP contribution in [0.15, 0.2) is 0 Å². The highest BCUT2D eigenvalue weighted by atomic mass is 14.3. The molecule has 0 aliphatic heterocycles. The van der Waals surface area contributed by atoms with Gasteiger partial charge in [-0.1, -0.05) is 59.3 Å². The highest BCUT2D eigenvalue weighted by Crippen LogP contribution is 2.36. The van der Waals surface area contributed by atoms with Crippen molar-refractivity contribution in [3.05, 3.63) is 5.92 Å². The summed E-state index contributed by atoms with van der Waals surface area (Å²) < 4.78 is 0. The fraction of sp³-hybridized carbons (Fsp3) is 0.938. The van der Waals surface area contributed by atoms with Gasteiger partial charge in [-0.3, -0.25) is 0 Å². The Labute approximate surface area is 103 Å². The van der Waals surface area contributed by atoms with E-state index in [1.807, 2.05) is 5.92 Å². The van der Waals surface area contributed by atoms with Gasteiger partial charge in [-0.25, -0.2) is 0 Å². The normalized spacial score (nSPS) is 20.2. The zero-order chi connectivity index (χ0) is 11.8. The van der Waals surface area contributed by atoms with Crippen molar-refractivity contribution >= 4 is 0 Å². The molecule has 0 heteroatoms. The van der Waals surface area contributed by atoms with Gasteiger partial charge in [0, 0.05) is 0 Å². The highest BCUT2D eigenvalue weighted by Gasteiger charge is 2.22. The van der Waals surface area contributed by atoms with Gasteiger partial charge in [0.2, 0.25) is 0 Å². The molecule has 1 unspecified atom stereocenters. The highest BCUT2D eigenvalue weighted by molar-refractivity contribution is 4.96. The van der Waals surface area contributed by atoms with Crippen LogP contribution in [0.5, 0.6) is 0 Å². The van der Waals surface area contributed by atoms with Gasteiger partial charge in [-0.05, 0) is 43.4 Å². The topological polar surface area (TPSA) is 0 Å². The second-order valence-corrected chi connectivity index (χ2v) is 5.75. The lowest BCUT2D eigenvalue weighted by molar-refractivity contribution is 0.340. The molecule has 0 bridgehead atoms. The van der Waals surface area contributed by atoms with Crippen LogP contribution in [0.4, 0.5) is 0 Å². The van der Waals surface area contributed by atoms with Crippen LogP contribution in [0.25, 0.3) is 0 Å². The lowest BCUT2D eigenvalue weighted by Crippen LogP contribution is -2.15. The van der Waals surface area contributed by atoms with Crippen LogP contribution < -0.4 is 0 Å². The molecule has 0 spiro atoms. The van der Waals surface area contributed by atoms with Gasteiger partial charge in [0.1, 0.15) is 0 Å². The van der Waals surface area contributed by atoms with Gasteiger partial charge in [0.05, 0.1) is 0 Å². The number of hydrogen-bond donors (Lipinski definition) is 0. The van der Waals surface area contributed by atoms with Crippen molar-refractivity contribution in [3.63, 3.8) is 0 Å². The quantitative estimate of drug-likeness (QED) is 0.514. The molecule has 0 N–H and O–H groups in total. The Morgan fingerprint density at radius 3 is 2.38 bits per heavy atom. The Hall–Kier alpha value is 0. The van der Waals surface area contributed by atoms with Crippen molar-refractivity contribution in [2.75, 3.05) is 0 Å². The van der Waals surface area contributed by atoms with E-state index in [1.165, 1.54) is 64.2 Å². The van der Waals surface area contributed by atoms with E-state index >= 15 is 0 Å². The van der Waals surface area contributed by atoms with Gasteiger partial charge < -0.3 is 0 Å².